The number of nitrogens with zero attached hydrogens (tertiary/aromatic N) is 1. The summed E-state index contributed by atoms with van der Waals surface area (Å²) < 4.78 is 26.5. The monoisotopic (exact) mass is 392 g/mol. The number of carbonyl (C=O) groups excluding carboxylic acids is 1. The SMILES string of the molecule is NC(=O)CN(c1ccc(Cl)cc1)S(=O)(=O)c1ccc(Cl)c(Cl)c1. The molecule has 0 bridgehead atoms. The Morgan fingerprint density at radius 3 is 2.13 bits per heavy atom. The van der Waals surface area contributed by atoms with Gasteiger partial charge < -0.3 is 5.73 Å². The van der Waals surface area contributed by atoms with Gasteiger partial charge in [0.05, 0.1) is 20.6 Å². The van der Waals surface area contributed by atoms with Gasteiger partial charge in [-0.1, -0.05) is 34.8 Å². The summed E-state index contributed by atoms with van der Waals surface area (Å²) in [7, 11) is -4.05. The summed E-state index contributed by atoms with van der Waals surface area (Å²) in [6.07, 6.45) is 0. The number of nitrogens with two attached hydrogens (primary N) is 1. The Hall–Kier alpha value is -1.47. The molecule has 0 saturated carbocycles. The first-order valence-corrected chi connectivity index (χ1v) is 8.81. The minimum atomic E-state index is -4.05. The number of anilines is 1. The Balaban J connectivity index is 2.54. The number of sulfonamides is 1. The van der Waals surface area contributed by atoms with Gasteiger partial charge >= 0.3 is 0 Å². The Morgan fingerprint density at radius 1 is 1.00 bits per heavy atom. The second-order valence-corrected chi connectivity index (χ2v) is 7.64. The quantitative estimate of drug-likeness (QED) is 0.846. The van der Waals surface area contributed by atoms with Crippen LogP contribution < -0.4 is 10.0 Å². The highest BCUT2D eigenvalue weighted by molar-refractivity contribution is 7.92. The number of halogens is 3. The predicted molar refractivity (Wildman–Crippen MR) is 91.6 cm³/mol. The van der Waals surface area contributed by atoms with E-state index in [-0.39, 0.29) is 20.6 Å². The van der Waals surface area contributed by atoms with Gasteiger partial charge in [-0.25, -0.2) is 8.42 Å². The van der Waals surface area contributed by atoms with Crippen molar-refractivity contribution in [3.8, 4) is 0 Å². The Kier molecular flexibility index (Phi) is 5.41. The molecule has 9 heteroatoms. The van der Waals surface area contributed by atoms with E-state index in [0.29, 0.717) is 5.02 Å². The normalized spacial score (nSPS) is 11.3. The zero-order chi connectivity index (χ0) is 17.2. The van der Waals surface area contributed by atoms with Crippen molar-refractivity contribution in [2.24, 2.45) is 5.73 Å². The molecule has 0 aromatic heterocycles. The largest absolute Gasteiger partial charge is 0.368 e. The average Bonchev–Trinajstić information content (AvgIpc) is 2.48. The molecule has 1 amide bonds. The topological polar surface area (TPSA) is 80.5 Å². The second-order valence-electron chi connectivity index (χ2n) is 4.53. The standard InChI is InChI=1S/C14H11Cl3N2O3S/c15-9-1-3-10(4-2-9)19(8-14(18)20)23(21,22)11-5-6-12(16)13(17)7-11/h1-7H,8H2,(H2,18,20). The lowest BCUT2D eigenvalue weighted by molar-refractivity contribution is -0.116. The molecule has 0 aliphatic rings. The molecule has 122 valence electrons. The summed E-state index contributed by atoms with van der Waals surface area (Å²) in [4.78, 5) is 11.2. The van der Waals surface area contributed by atoms with E-state index in [4.69, 9.17) is 40.5 Å². The van der Waals surface area contributed by atoms with Gasteiger partial charge in [0.1, 0.15) is 6.54 Å². The van der Waals surface area contributed by atoms with Crippen LogP contribution in [0.4, 0.5) is 5.69 Å². The van der Waals surface area contributed by atoms with Crippen LogP contribution in [0.2, 0.25) is 15.1 Å². The predicted octanol–water partition coefficient (Wildman–Crippen LogP) is 3.33. The summed E-state index contributed by atoms with van der Waals surface area (Å²) in [6, 6.07) is 9.84. The van der Waals surface area contributed by atoms with Crippen LogP contribution in [0.1, 0.15) is 0 Å². The van der Waals surface area contributed by atoms with Crippen LogP contribution in [0, 0.1) is 0 Å². The number of amides is 1. The van der Waals surface area contributed by atoms with E-state index < -0.39 is 22.5 Å². The molecule has 0 aliphatic carbocycles. The van der Waals surface area contributed by atoms with Crippen molar-refractivity contribution in [3.63, 3.8) is 0 Å². The van der Waals surface area contributed by atoms with Crippen molar-refractivity contribution >= 4 is 56.4 Å². The van der Waals surface area contributed by atoms with Gasteiger partial charge in [0.25, 0.3) is 10.0 Å². The zero-order valence-corrected chi connectivity index (χ0v) is 14.6. The van der Waals surface area contributed by atoms with E-state index in [1.165, 1.54) is 42.5 Å². The van der Waals surface area contributed by atoms with E-state index in [9.17, 15) is 13.2 Å². The molecule has 0 unspecified atom stereocenters. The first-order chi connectivity index (χ1) is 10.7. The average molecular weight is 394 g/mol. The smallest absolute Gasteiger partial charge is 0.264 e. The van der Waals surface area contributed by atoms with Gasteiger partial charge in [-0.05, 0) is 42.5 Å². The van der Waals surface area contributed by atoms with Gasteiger partial charge in [-0.15, -0.1) is 0 Å². The molecule has 0 fully saturated rings. The maximum Gasteiger partial charge on any atom is 0.264 e. The van der Waals surface area contributed by atoms with Crippen LogP contribution in [-0.2, 0) is 14.8 Å². The number of benzene rings is 2. The third-order valence-electron chi connectivity index (χ3n) is 2.89. The highest BCUT2D eigenvalue weighted by Crippen LogP contribution is 2.29. The minimum absolute atomic E-state index is 0.0860. The van der Waals surface area contributed by atoms with Crippen LogP contribution in [0.3, 0.4) is 0 Å². The van der Waals surface area contributed by atoms with Crippen LogP contribution in [0.5, 0.6) is 0 Å². The van der Waals surface area contributed by atoms with Crippen molar-refractivity contribution in [2.45, 2.75) is 4.90 Å². The van der Waals surface area contributed by atoms with Crippen molar-refractivity contribution in [2.75, 3.05) is 10.8 Å². The van der Waals surface area contributed by atoms with Crippen LogP contribution >= 0.6 is 34.8 Å². The van der Waals surface area contributed by atoms with Gasteiger partial charge in [0, 0.05) is 5.02 Å². The first-order valence-electron chi connectivity index (χ1n) is 6.23. The molecule has 23 heavy (non-hydrogen) atoms. The molecule has 2 N–H and O–H groups in total. The summed E-state index contributed by atoms with van der Waals surface area (Å²) in [5.74, 6) is -0.802. The molecule has 0 heterocycles. The molecule has 0 spiro atoms. The number of hydrogen-bond donors (Lipinski definition) is 1. The molecule has 2 aromatic carbocycles. The molecular formula is C14H11Cl3N2O3S. The molecule has 0 saturated heterocycles. The lowest BCUT2D eigenvalue weighted by Gasteiger charge is -2.23. The van der Waals surface area contributed by atoms with Gasteiger partial charge in [0.2, 0.25) is 5.91 Å². The number of primary amides is 1. The number of hydrogen-bond acceptors (Lipinski definition) is 3. The Bertz CT molecular complexity index is 839. The molecule has 2 rings (SSSR count). The van der Waals surface area contributed by atoms with E-state index >= 15 is 0 Å². The maximum atomic E-state index is 12.8. The van der Waals surface area contributed by atoms with Crippen molar-refractivity contribution in [1.82, 2.24) is 0 Å². The summed E-state index contributed by atoms with van der Waals surface area (Å²) in [6.45, 7) is -0.524. The minimum Gasteiger partial charge on any atom is -0.368 e. The van der Waals surface area contributed by atoms with Gasteiger partial charge in [-0.2, -0.15) is 0 Å². The highest BCUT2D eigenvalue weighted by atomic mass is 35.5. The third kappa shape index (κ3) is 4.09. The number of rotatable bonds is 5. The third-order valence-corrected chi connectivity index (χ3v) is 5.65. The number of carbonyl (C=O) groups is 1. The molecule has 2 aromatic rings. The summed E-state index contributed by atoms with van der Waals surface area (Å²) in [5, 5.41) is 0.737. The van der Waals surface area contributed by atoms with E-state index in [1.807, 2.05) is 0 Å². The van der Waals surface area contributed by atoms with E-state index in [1.54, 1.807) is 0 Å². The van der Waals surface area contributed by atoms with Crippen molar-refractivity contribution in [3.05, 3.63) is 57.5 Å². The van der Waals surface area contributed by atoms with E-state index in [2.05, 4.69) is 0 Å². The maximum absolute atomic E-state index is 12.8. The highest BCUT2D eigenvalue weighted by Gasteiger charge is 2.27. The Morgan fingerprint density at radius 2 is 1.61 bits per heavy atom. The van der Waals surface area contributed by atoms with Crippen LogP contribution in [0.25, 0.3) is 0 Å². The molecule has 0 aliphatic heterocycles. The molecule has 5 nitrogen and oxygen atoms in total. The van der Waals surface area contributed by atoms with Crippen LogP contribution in [-0.4, -0.2) is 20.9 Å². The second kappa shape index (κ2) is 6.97. The first kappa shape index (κ1) is 17.9. The van der Waals surface area contributed by atoms with Crippen LogP contribution in [0.15, 0.2) is 47.4 Å². The molecular weight excluding hydrogens is 383 g/mol. The van der Waals surface area contributed by atoms with Gasteiger partial charge in [0.15, 0.2) is 0 Å². The molecule has 0 radical (unpaired) electrons. The van der Waals surface area contributed by atoms with Crippen molar-refractivity contribution < 1.29 is 13.2 Å². The Labute approximate surface area is 148 Å². The van der Waals surface area contributed by atoms with Gasteiger partial charge in [-0.3, -0.25) is 9.10 Å². The van der Waals surface area contributed by atoms with Crippen molar-refractivity contribution in [1.29, 1.82) is 0 Å². The summed E-state index contributed by atoms with van der Waals surface area (Å²) >= 11 is 17.5. The fourth-order valence-corrected chi connectivity index (χ4v) is 3.77. The fraction of sp³-hybridized carbons (Fsp3) is 0.0714. The lowest BCUT2D eigenvalue weighted by Crippen LogP contribution is -2.38. The molecule has 0 atom stereocenters. The lowest BCUT2D eigenvalue weighted by atomic mass is 10.3. The zero-order valence-electron chi connectivity index (χ0n) is 11.5. The fourth-order valence-electron chi connectivity index (χ4n) is 1.83. The summed E-state index contributed by atoms with van der Waals surface area (Å²) in [5.41, 5.74) is 5.42. The van der Waals surface area contributed by atoms with E-state index in [0.717, 1.165) is 4.31 Å².